The van der Waals surface area contributed by atoms with Crippen LogP contribution in [-0.4, -0.2) is 37.7 Å². The molecule has 1 saturated carbocycles. The summed E-state index contributed by atoms with van der Waals surface area (Å²) in [4.78, 5) is 23.3. The third-order valence-corrected chi connectivity index (χ3v) is 5.29. The van der Waals surface area contributed by atoms with Gasteiger partial charge in [0.15, 0.2) is 0 Å². The number of carbonyl (C=O) groups excluding carboxylic acids is 2. The molecule has 1 fully saturated rings. The first-order valence-corrected chi connectivity index (χ1v) is 8.71. The molecule has 116 valence electrons. The van der Waals surface area contributed by atoms with E-state index in [2.05, 4.69) is 0 Å². The number of rotatable bonds is 8. The molecule has 0 N–H and O–H groups in total. The molecule has 20 heavy (non-hydrogen) atoms. The molecule has 0 radical (unpaired) electrons. The topological polar surface area (TPSA) is 78.9 Å². The maximum atomic E-state index is 12.1. The molecule has 1 aliphatic carbocycles. The molecule has 1 aliphatic rings. The van der Waals surface area contributed by atoms with Crippen molar-refractivity contribution in [3.63, 3.8) is 0 Å². The van der Waals surface area contributed by atoms with Gasteiger partial charge in [0.05, 0.1) is 19.1 Å². The second kappa shape index (κ2) is 7.91. The van der Waals surface area contributed by atoms with Gasteiger partial charge in [0, 0.05) is 6.42 Å². The summed E-state index contributed by atoms with van der Waals surface area (Å²) >= 11 is 0. The lowest BCUT2D eigenvalue weighted by molar-refractivity contribution is -0.143. The minimum absolute atomic E-state index is 0.0527. The summed E-state index contributed by atoms with van der Waals surface area (Å²) in [6, 6.07) is 0. The van der Waals surface area contributed by atoms with Crippen molar-refractivity contribution in [3.8, 4) is 0 Å². The van der Waals surface area contributed by atoms with Crippen molar-refractivity contribution in [3.05, 3.63) is 0 Å². The fourth-order valence-corrected chi connectivity index (χ4v) is 3.69. The molecule has 0 aromatic carbocycles. The van der Waals surface area contributed by atoms with Gasteiger partial charge in [-0.25, -0.2) is 0 Å². The SMILES string of the molecule is CCOP(=O)(CC(=O)OC[C@@H]1C(=O)CC[C@H]1C)OCC. The Morgan fingerprint density at radius 3 is 2.35 bits per heavy atom. The van der Waals surface area contributed by atoms with E-state index in [1.54, 1.807) is 13.8 Å². The van der Waals surface area contributed by atoms with Gasteiger partial charge in [-0.15, -0.1) is 0 Å². The van der Waals surface area contributed by atoms with Gasteiger partial charge in [0.2, 0.25) is 0 Å². The number of hydrogen-bond donors (Lipinski definition) is 0. The Balaban J connectivity index is 2.46. The number of esters is 1. The van der Waals surface area contributed by atoms with E-state index in [-0.39, 0.29) is 37.4 Å². The zero-order valence-corrected chi connectivity index (χ0v) is 13.2. The Morgan fingerprint density at radius 2 is 1.90 bits per heavy atom. The average molecular weight is 306 g/mol. The van der Waals surface area contributed by atoms with Crippen molar-refractivity contribution in [2.75, 3.05) is 26.0 Å². The standard InChI is InChI=1S/C13H23O6P/c1-4-18-20(16,19-5-2)9-13(15)17-8-11-10(3)6-7-12(11)14/h10-11H,4-9H2,1-3H3/t10-,11+/m1/s1. The van der Waals surface area contributed by atoms with E-state index in [0.29, 0.717) is 6.42 Å². The van der Waals surface area contributed by atoms with Crippen LogP contribution in [-0.2, 0) is 27.9 Å². The molecule has 1 rings (SSSR count). The van der Waals surface area contributed by atoms with Crippen LogP contribution >= 0.6 is 7.60 Å². The Morgan fingerprint density at radius 1 is 1.30 bits per heavy atom. The number of Topliss-reactive ketones (excluding diaryl/α,β-unsaturated/α-hetero) is 1. The minimum atomic E-state index is -3.43. The van der Waals surface area contributed by atoms with Crippen molar-refractivity contribution in [2.45, 2.75) is 33.6 Å². The largest absolute Gasteiger partial charge is 0.464 e. The Hall–Kier alpha value is -0.710. The highest BCUT2D eigenvalue weighted by atomic mass is 31.2. The number of carbonyl (C=O) groups is 2. The predicted molar refractivity (Wildman–Crippen MR) is 73.6 cm³/mol. The first kappa shape index (κ1) is 17.3. The lowest BCUT2D eigenvalue weighted by Crippen LogP contribution is -2.23. The van der Waals surface area contributed by atoms with Crippen LogP contribution in [0.25, 0.3) is 0 Å². The van der Waals surface area contributed by atoms with E-state index in [0.717, 1.165) is 6.42 Å². The van der Waals surface area contributed by atoms with Crippen molar-refractivity contribution in [1.82, 2.24) is 0 Å². The fourth-order valence-electron chi connectivity index (χ4n) is 2.24. The number of hydrogen-bond acceptors (Lipinski definition) is 6. The summed E-state index contributed by atoms with van der Waals surface area (Å²) < 4.78 is 27.2. The number of ether oxygens (including phenoxy) is 1. The van der Waals surface area contributed by atoms with Gasteiger partial charge in [-0.05, 0) is 26.2 Å². The van der Waals surface area contributed by atoms with Crippen LogP contribution in [0.15, 0.2) is 0 Å². The Kier molecular flexibility index (Phi) is 6.86. The lowest BCUT2D eigenvalue weighted by atomic mass is 9.99. The van der Waals surface area contributed by atoms with Crippen LogP contribution in [0.2, 0.25) is 0 Å². The molecule has 6 nitrogen and oxygen atoms in total. The van der Waals surface area contributed by atoms with Crippen molar-refractivity contribution in [1.29, 1.82) is 0 Å². The summed E-state index contributed by atoms with van der Waals surface area (Å²) in [5.74, 6) is -0.538. The zero-order valence-electron chi connectivity index (χ0n) is 12.3. The highest BCUT2D eigenvalue weighted by Crippen LogP contribution is 2.47. The molecule has 0 aromatic heterocycles. The summed E-state index contributed by atoms with van der Waals surface area (Å²) in [6.07, 6.45) is 0.959. The van der Waals surface area contributed by atoms with Crippen molar-refractivity contribution < 1.29 is 27.9 Å². The minimum Gasteiger partial charge on any atom is -0.464 e. The van der Waals surface area contributed by atoms with Crippen LogP contribution in [0.5, 0.6) is 0 Å². The van der Waals surface area contributed by atoms with E-state index in [1.165, 1.54) is 0 Å². The second-order valence-electron chi connectivity index (χ2n) is 4.88. The summed E-state index contributed by atoms with van der Waals surface area (Å²) in [5.41, 5.74) is 0. The third kappa shape index (κ3) is 5.00. The van der Waals surface area contributed by atoms with Gasteiger partial charge in [-0.2, -0.15) is 0 Å². The zero-order chi connectivity index (χ0) is 15.2. The molecule has 0 unspecified atom stereocenters. The highest BCUT2D eigenvalue weighted by Gasteiger charge is 2.34. The fraction of sp³-hybridized carbons (Fsp3) is 0.846. The van der Waals surface area contributed by atoms with Gasteiger partial charge in [0.1, 0.15) is 18.6 Å². The van der Waals surface area contributed by atoms with Crippen LogP contribution in [0.3, 0.4) is 0 Å². The monoisotopic (exact) mass is 306 g/mol. The van der Waals surface area contributed by atoms with E-state index in [1.807, 2.05) is 6.92 Å². The van der Waals surface area contributed by atoms with E-state index in [9.17, 15) is 14.2 Å². The van der Waals surface area contributed by atoms with Crippen LogP contribution < -0.4 is 0 Å². The van der Waals surface area contributed by atoms with E-state index in [4.69, 9.17) is 13.8 Å². The summed E-state index contributed by atoms with van der Waals surface area (Å²) in [5, 5.41) is 0. The first-order chi connectivity index (χ1) is 9.41. The molecule has 0 aliphatic heterocycles. The molecular weight excluding hydrogens is 283 g/mol. The van der Waals surface area contributed by atoms with Crippen LogP contribution in [0.1, 0.15) is 33.6 Å². The first-order valence-electron chi connectivity index (χ1n) is 6.98. The van der Waals surface area contributed by atoms with Gasteiger partial charge in [-0.3, -0.25) is 14.2 Å². The second-order valence-corrected chi connectivity index (χ2v) is 6.93. The van der Waals surface area contributed by atoms with Gasteiger partial charge < -0.3 is 13.8 Å². The maximum Gasteiger partial charge on any atom is 0.341 e. The summed E-state index contributed by atoms with van der Waals surface area (Å²) in [7, 11) is -3.43. The summed E-state index contributed by atoms with van der Waals surface area (Å²) in [6.45, 7) is 5.77. The molecule has 0 aromatic rings. The maximum absolute atomic E-state index is 12.1. The van der Waals surface area contributed by atoms with E-state index < -0.39 is 19.7 Å². The third-order valence-electron chi connectivity index (χ3n) is 3.34. The molecule has 0 amide bonds. The smallest absolute Gasteiger partial charge is 0.341 e. The van der Waals surface area contributed by atoms with Crippen LogP contribution in [0.4, 0.5) is 0 Å². The molecule has 0 bridgehead atoms. The Labute approximate surface area is 119 Å². The lowest BCUT2D eigenvalue weighted by Gasteiger charge is -2.18. The highest BCUT2D eigenvalue weighted by molar-refractivity contribution is 7.54. The molecule has 7 heteroatoms. The van der Waals surface area contributed by atoms with Gasteiger partial charge >= 0.3 is 13.6 Å². The molecular formula is C13H23O6P. The quantitative estimate of drug-likeness (QED) is 0.506. The normalized spacial score (nSPS) is 23.1. The van der Waals surface area contributed by atoms with E-state index >= 15 is 0 Å². The Bertz CT molecular complexity index is 384. The van der Waals surface area contributed by atoms with Crippen molar-refractivity contribution in [2.24, 2.45) is 11.8 Å². The van der Waals surface area contributed by atoms with Gasteiger partial charge in [-0.1, -0.05) is 6.92 Å². The van der Waals surface area contributed by atoms with Crippen molar-refractivity contribution >= 4 is 19.3 Å². The molecule has 2 atom stereocenters. The molecule has 0 saturated heterocycles. The van der Waals surface area contributed by atoms with Crippen LogP contribution in [0, 0.1) is 11.8 Å². The average Bonchev–Trinajstić information content (AvgIpc) is 2.67. The molecule has 0 heterocycles. The molecule has 0 spiro atoms. The number of ketones is 1. The van der Waals surface area contributed by atoms with Gasteiger partial charge in [0.25, 0.3) is 0 Å². The predicted octanol–water partition coefficient (Wildman–Crippen LogP) is 2.41.